The van der Waals surface area contributed by atoms with Crippen molar-refractivity contribution in [1.29, 1.82) is 0 Å². The van der Waals surface area contributed by atoms with Gasteiger partial charge in [0.05, 0.1) is 0 Å². The lowest BCUT2D eigenvalue weighted by atomic mass is 10.1. The average Bonchev–Trinajstić information content (AvgIpc) is 2.35. The van der Waals surface area contributed by atoms with E-state index in [4.69, 9.17) is 0 Å². The van der Waals surface area contributed by atoms with Gasteiger partial charge in [0.15, 0.2) is 0 Å². The summed E-state index contributed by atoms with van der Waals surface area (Å²) in [7, 11) is 0. The molecule has 0 aliphatic carbocycles. The van der Waals surface area contributed by atoms with Crippen molar-refractivity contribution in [2.75, 3.05) is 13.1 Å². The fourth-order valence-electron chi connectivity index (χ4n) is 2.31. The molecule has 18 heavy (non-hydrogen) atoms. The van der Waals surface area contributed by atoms with Gasteiger partial charge in [-0.2, -0.15) is 0 Å². The molecule has 0 bridgehead atoms. The van der Waals surface area contributed by atoms with Gasteiger partial charge < -0.3 is 9.69 Å². The van der Waals surface area contributed by atoms with Crippen molar-refractivity contribution >= 4 is 5.78 Å². The topological polar surface area (TPSA) is 20.3 Å². The summed E-state index contributed by atoms with van der Waals surface area (Å²) in [6, 6.07) is 11.1. The molecule has 0 spiro atoms. The molecule has 0 aliphatic rings. The highest BCUT2D eigenvalue weighted by Crippen LogP contribution is 2.09. The summed E-state index contributed by atoms with van der Waals surface area (Å²) in [5.74, 6) is 0.293. The van der Waals surface area contributed by atoms with Crippen LogP contribution in [0.25, 0.3) is 0 Å². The summed E-state index contributed by atoms with van der Waals surface area (Å²) in [6.45, 7) is 8.19. The van der Waals surface area contributed by atoms with Gasteiger partial charge in [-0.05, 0) is 45.3 Å². The highest BCUT2D eigenvalue weighted by molar-refractivity contribution is 5.75. The fourth-order valence-corrected chi connectivity index (χ4v) is 2.31. The molecule has 0 N–H and O–H groups in total. The Morgan fingerprint density at radius 1 is 1.28 bits per heavy atom. The third-order valence-electron chi connectivity index (χ3n) is 3.38. The molecule has 0 fully saturated rings. The monoisotopic (exact) mass is 247 g/mol. The lowest BCUT2D eigenvalue weighted by Gasteiger charge is -2.27. The van der Waals surface area contributed by atoms with Crippen LogP contribution in [0.1, 0.15) is 39.2 Å². The molecule has 1 rings (SSSR count). The third-order valence-corrected chi connectivity index (χ3v) is 3.38. The number of hydrogen-bond acceptors (Lipinski definition) is 2. The first kappa shape index (κ1) is 14.9. The van der Waals surface area contributed by atoms with E-state index in [1.807, 2.05) is 0 Å². The van der Waals surface area contributed by atoms with Crippen molar-refractivity contribution in [1.82, 2.24) is 4.90 Å². The number of carbonyl (C=O) groups excluding carboxylic acids is 1. The minimum Gasteiger partial charge on any atom is -0.301 e. The van der Waals surface area contributed by atoms with Crippen LogP contribution in [0, 0.1) is 0 Å². The van der Waals surface area contributed by atoms with Gasteiger partial charge in [0.1, 0.15) is 5.78 Å². The van der Waals surface area contributed by atoms with Crippen molar-refractivity contribution in [3.63, 3.8) is 0 Å². The van der Waals surface area contributed by atoms with Gasteiger partial charge in [-0.1, -0.05) is 37.3 Å². The first-order chi connectivity index (χ1) is 8.63. The first-order valence-corrected chi connectivity index (χ1v) is 6.91. The molecule has 1 atom stereocenters. The summed E-state index contributed by atoms with van der Waals surface area (Å²) < 4.78 is 0. The Balaban J connectivity index is 2.41. The molecule has 2 heteroatoms. The molecule has 100 valence electrons. The highest BCUT2D eigenvalue weighted by Gasteiger charge is 2.12. The van der Waals surface area contributed by atoms with Gasteiger partial charge in [0.25, 0.3) is 0 Å². The van der Waals surface area contributed by atoms with Crippen LogP contribution >= 0.6 is 0 Å². The van der Waals surface area contributed by atoms with E-state index in [9.17, 15) is 4.79 Å². The van der Waals surface area contributed by atoms with E-state index in [1.165, 1.54) is 5.56 Å². The van der Waals surface area contributed by atoms with Gasteiger partial charge in [0.2, 0.25) is 0 Å². The van der Waals surface area contributed by atoms with Crippen LogP contribution in [-0.4, -0.2) is 29.8 Å². The summed E-state index contributed by atoms with van der Waals surface area (Å²) in [5, 5.41) is 0. The predicted molar refractivity (Wildman–Crippen MR) is 76.8 cm³/mol. The molecule has 0 amide bonds. The van der Waals surface area contributed by atoms with Crippen molar-refractivity contribution in [2.24, 2.45) is 0 Å². The minimum absolute atomic E-state index is 0.293. The normalized spacial score (nSPS) is 12.7. The number of ketones is 1. The van der Waals surface area contributed by atoms with Crippen LogP contribution < -0.4 is 0 Å². The van der Waals surface area contributed by atoms with E-state index in [0.717, 1.165) is 25.9 Å². The molecule has 0 radical (unpaired) electrons. The molecule has 1 aromatic rings. The maximum absolute atomic E-state index is 11.0. The maximum atomic E-state index is 11.0. The fraction of sp³-hybridized carbons (Fsp3) is 0.562. The van der Waals surface area contributed by atoms with Crippen molar-refractivity contribution in [2.45, 2.75) is 46.1 Å². The molecular weight excluding hydrogens is 222 g/mol. The van der Waals surface area contributed by atoms with Gasteiger partial charge >= 0.3 is 0 Å². The van der Waals surface area contributed by atoms with Crippen LogP contribution in [0.3, 0.4) is 0 Å². The lowest BCUT2D eigenvalue weighted by molar-refractivity contribution is -0.117. The van der Waals surface area contributed by atoms with E-state index in [0.29, 0.717) is 18.2 Å². The Hall–Kier alpha value is -1.15. The van der Waals surface area contributed by atoms with E-state index in [-0.39, 0.29) is 0 Å². The van der Waals surface area contributed by atoms with E-state index in [1.54, 1.807) is 6.92 Å². The number of nitrogens with zero attached hydrogens (tertiary/aromatic N) is 1. The first-order valence-electron chi connectivity index (χ1n) is 6.91. The van der Waals surface area contributed by atoms with Crippen LogP contribution in [0.4, 0.5) is 0 Å². The Kier molecular flexibility index (Phi) is 6.66. The zero-order valence-electron chi connectivity index (χ0n) is 11.9. The van der Waals surface area contributed by atoms with Crippen LogP contribution in [-0.2, 0) is 11.2 Å². The largest absolute Gasteiger partial charge is 0.301 e. The Labute approximate surface area is 111 Å². The summed E-state index contributed by atoms with van der Waals surface area (Å²) in [6.07, 6.45) is 2.76. The number of carbonyl (C=O) groups is 1. The summed E-state index contributed by atoms with van der Waals surface area (Å²) in [4.78, 5) is 13.4. The average molecular weight is 247 g/mol. The zero-order chi connectivity index (χ0) is 13.4. The van der Waals surface area contributed by atoms with Gasteiger partial charge in [-0.3, -0.25) is 0 Å². The zero-order valence-corrected chi connectivity index (χ0v) is 11.9. The van der Waals surface area contributed by atoms with Crippen LogP contribution in [0.2, 0.25) is 0 Å². The molecule has 0 saturated carbocycles. The quantitative estimate of drug-likeness (QED) is 0.702. The lowest BCUT2D eigenvalue weighted by Crippen LogP contribution is -2.35. The second-order valence-electron chi connectivity index (χ2n) is 4.97. The van der Waals surface area contributed by atoms with Crippen LogP contribution in [0.5, 0.6) is 0 Å². The van der Waals surface area contributed by atoms with Gasteiger partial charge in [0, 0.05) is 12.5 Å². The van der Waals surface area contributed by atoms with Crippen molar-refractivity contribution in [3.05, 3.63) is 35.9 Å². The summed E-state index contributed by atoms with van der Waals surface area (Å²) >= 11 is 0. The predicted octanol–water partition coefficient (Wildman–Crippen LogP) is 3.31. The Morgan fingerprint density at radius 3 is 2.50 bits per heavy atom. The maximum Gasteiger partial charge on any atom is 0.129 e. The highest BCUT2D eigenvalue weighted by atomic mass is 16.1. The number of Topliss-reactive ketones (excluding diaryl/α,β-unsaturated/α-hetero) is 1. The van der Waals surface area contributed by atoms with Crippen molar-refractivity contribution in [3.8, 4) is 0 Å². The molecule has 0 saturated heterocycles. The second-order valence-corrected chi connectivity index (χ2v) is 4.97. The number of rotatable bonds is 8. The smallest absolute Gasteiger partial charge is 0.129 e. The third kappa shape index (κ3) is 5.46. The van der Waals surface area contributed by atoms with Crippen LogP contribution in [0.15, 0.2) is 30.3 Å². The van der Waals surface area contributed by atoms with E-state index >= 15 is 0 Å². The second kappa shape index (κ2) is 8.04. The molecule has 0 heterocycles. The summed E-state index contributed by atoms with van der Waals surface area (Å²) in [5.41, 5.74) is 1.38. The molecule has 0 unspecified atom stereocenters. The van der Waals surface area contributed by atoms with Gasteiger partial charge in [-0.25, -0.2) is 0 Å². The van der Waals surface area contributed by atoms with Gasteiger partial charge in [-0.15, -0.1) is 0 Å². The molecular formula is C16H25NO. The molecule has 1 aromatic carbocycles. The number of likely N-dealkylation sites (N-methyl/N-ethyl adjacent to an activating group) is 1. The Morgan fingerprint density at radius 2 is 1.94 bits per heavy atom. The van der Waals surface area contributed by atoms with Crippen molar-refractivity contribution < 1.29 is 4.79 Å². The number of hydrogen-bond donors (Lipinski definition) is 0. The van der Waals surface area contributed by atoms with E-state index < -0.39 is 0 Å². The standard InChI is InChI=1S/C16H25NO/c1-4-17(12-8-9-15(3)18)14(2)13-16-10-6-5-7-11-16/h5-7,10-11,14H,4,8-9,12-13H2,1-3H3/t14-/m1/s1. The minimum atomic E-state index is 0.293. The SMILES string of the molecule is CCN(CCCC(C)=O)[C@H](C)Cc1ccccc1. The molecule has 0 aromatic heterocycles. The molecule has 2 nitrogen and oxygen atoms in total. The Bertz CT molecular complexity index is 347. The van der Waals surface area contributed by atoms with E-state index in [2.05, 4.69) is 49.1 Å². The molecule has 0 aliphatic heterocycles. The number of benzene rings is 1.